The van der Waals surface area contributed by atoms with Gasteiger partial charge < -0.3 is 4.98 Å². The van der Waals surface area contributed by atoms with Crippen molar-refractivity contribution in [3.63, 3.8) is 0 Å². The maximum atomic E-state index is 3.39. The van der Waals surface area contributed by atoms with E-state index < -0.39 is 0 Å². The Hall–Kier alpha value is -1.02. The molecule has 0 fully saturated rings. The molecule has 0 atom stereocenters. The molecule has 0 aliphatic rings. The van der Waals surface area contributed by atoms with Crippen molar-refractivity contribution in [2.75, 3.05) is 0 Å². The van der Waals surface area contributed by atoms with Crippen molar-refractivity contribution in [2.45, 2.75) is 46.0 Å². The minimum absolute atomic E-state index is 1.23. The molecule has 2 aromatic rings. The minimum atomic E-state index is 1.23. The number of H-pyrrole nitrogens is 1. The Balaban J connectivity index is 1.92. The molecule has 0 aliphatic heterocycles. The largest absolute Gasteiger partial charge is 0.358 e. The number of hydrogen-bond donors (Lipinski definition) is 1. The van der Waals surface area contributed by atoms with Gasteiger partial charge in [-0.15, -0.1) is 11.3 Å². The lowest BCUT2D eigenvalue weighted by Gasteiger charge is -1.96. The molecule has 0 spiro atoms. The maximum Gasteiger partial charge on any atom is 0.0557 e. The van der Waals surface area contributed by atoms with E-state index in [1.54, 1.807) is 0 Å². The average Bonchev–Trinajstić information content (AvgIpc) is 2.93. The van der Waals surface area contributed by atoms with Crippen molar-refractivity contribution in [1.82, 2.24) is 4.98 Å². The van der Waals surface area contributed by atoms with Gasteiger partial charge >= 0.3 is 0 Å². The Morgan fingerprint density at radius 2 is 1.94 bits per heavy atom. The van der Waals surface area contributed by atoms with Crippen molar-refractivity contribution >= 4 is 11.3 Å². The quantitative estimate of drug-likeness (QED) is 0.677. The van der Waals surface area contributed by atoms with Crippen LogP contribution < -0.4 is 0 Å². The van der Waals surface area contributed by atoms with Crippen LogP contribution in [0.1, 0.15) is 43.2 Å². The fourth-order valence-corrected chi connectivity index (χ4v) is 3.06. The van der Waals surface area contributed by atoms with Gasteiger partial charge in [0, 0.05) is 10.6 Å². The highest BCUT2D eigenvalue weighted by Crippen LogP contribution is 2.28. The Morgan fingerprint density at radius 3 is 2.65 bits per heavy atom. The van der Waals surface area contributed by atoms with Gasteiger partial charge in [0.25, 0.3) is 0 Å². The molecule has 1 N–H and O–H groups in total. The average molecular weight is 247 g/mol. The Kier molecular flexibility index (Phi) is 4.43. The summed E-state index contributed by atoms with van der Waals surface area (Å²) in [6.45, 7) is 4.36. The minimum Gasteiger partial charge on any atom is -0.358 e. The van der Waals surface area contributed by atoms with E-state index in [2.05, 4.69) is 43.1 Å². The van der Waals surface area contributed by atoms with Crippen molar-refractivity contribution in [2.24, 2.45) is 0 Å². The third-order valence-corrected chi connectivity index (χ3v) is 4.21. The van der Waals surface area contributed by atoms with Crippen LogP contribution in [0.5, 0.6) is 0 Å². The third-order valence-electron chi connectivity index (χ3n) is 3.04. The number of aryl methyl sites for hydroxylation is 2. The maximum absolute atomic E-state index is 3.39. The van der Waals surface area contributed by atoms with E-state index in [9.17, 15) is 0 Å². The molecule has 0 aliphatic carbocycles. The molecule has 0 bridgehead atoms. The van der Waals surface area contributed by atoms with E-state index in [4.69, 9.17) is 0 Å². The fourth-order valence-electron chi connectivity index (χ4n) is 2.03. The number of rotatable bonds is 6. The fraction of sp³-hybridized carbons (Fsp3) is 0.467. The second kappa shape index (κ2) is 6.06. The number of unbranched alkanes of at least 4 members (excludes halogenated alkanes) is 3. The topological polar surface area (TPSA) is 15.8 Å². The normalized spacial score (nSPS) is 10.9. The van der Waals surface area contributed by atoms with E-state index in [0.29, 0.717) is 0 Å². The van der Waals surface area contributed by atoms with Crippen molar-refractivity contribution in [1.29, 1.82) is 0 Å². The van der Waals surface area contributed by atoms with Gasteiger partial charge in [-0.25, -0.2) is 0 Å². The van der Waals surface area contributed by atoms with Crippen LogP contribution in [0.3, 0.4) is 0 Å². The van der Waals surface area contributed by atoms with Crippen LogP contribution >= 0.6 is 11.3 Å². The molecule has 2 heterocycles. The predicted molar refractivity (Wildman–Crippen MR) is 76.7 cm³/mol. The van der Waals surface area contributed by atoms with Gasteiger partial charge in [-0.1, -0.05) is 26.2 Å². The highest BCUT2D eigenvalue weighted by atomic mass is 32.1. The van der Waals surface area contributed by atoms with E-state index >= 15 is 0 Å². The Morgan fingerprint density at radius 1 is 1.06 bits per heavy atom. The summed E-state index contributed by atoms with van der Waals surface area (Å²) in [6, 6.07) is 8.82. The summed E-state index contributed by atoms with van der Waals surface area (Å²) in [5.74, 6) is 0. The summed E-state index contributed by atoms with van der Waals surface area (Å²) < 4.78 is 0. The smallest absolute Gasteiger partial charge is 0.0557 e. The molecule has 0 saturated carbocycles. The van der Waals surface area contributed by atoms with Crippen LogP contribution in [0, 0.1) is 6.92 Å². The number of hydrogen-bond acceptors (Lipinski definition) is 1. The summed E-state index contributed by atoms with van der Waals surface area (Å²) in [5.41, 5.74) is 2.49. The summed E-state index contributed by atoms with van der Waals surface area (Å²) in [4.78, 5) is 6.27. The van der Waals surface area contributed by atoms with E-state index in [1.165, 1.54) is 53.2 Å². The van der Waals surface area contributed by atoms with Crippen LogP contribution in [-0.4, -0.2) is 4.98 Å². The van der Waals surface area contributed by atoms with Crippen LogP contribution in [0.4, 0.5) is 0 Å². The lowest BCUT2D eigenvalue weighted by molar-refractivity contribution is 0.670. The first-order valence-corrected chi connectivity index (χ1v) is 7.36. The lowest BCUT2D eigenvalue weighted by atomic mass is 10.1. The molecule has 0 unspecified atom stereocenters. The number of nitrogens with one attached hydrogen (secondary N) is 1. The second-order valence-electron chi connectivity index (χ2n) is 4.63. The molecule has 0 radical (unpaired) electrons. The molecular weight excluding hydrogens is 226 g/mol. The van der Waals surface area contributed by atoms with Gasteiger partial charge in [-0.2, -0.15) is 0 Å². The summed E-state index contributed by atoms with van der Waals surface area (Å²) >= 11 is 1.93. The van der Waals surface area contributed by atoms with Crippen LogP contribution in [0.25, 0.3) is 10.6 Å². The van der Waals surface area contributed by atoms with E-state index in [0.717, 1.165) is 0 Å². The molecular formula is C15H21NS. The molecule has 17 heavy (non-hydrogen) atoms. The molecule has 2 aromatic heterocycles. The Bertz CT molecular complexity index is 453. The Labute approximate surface area is 108 Å². The standard InChI is InChI=1S/C15H21NS/c1-3-4-5-6-7-13-9-11-15(17-13)14-10-8-12(2)16-14/h8-11,16H,3-7H2,1-2H3. The zero-order chi connectivity index (χ0) is 12.1. The summed E-state index contributed by atoms with van der Waals surface area (Å²) in [6.07, 6.45) is 6.62. The predicted octanol–water partition coefficient (Wildman–Crippen LogP) is 5.17. The van der Waals surface area contributed by atoms with Crippen LogP contribution in [-0.2, 0) is 6.42 Å². The van der Waals surface area contributed by atoms with Crippen molar-refractivity contribution < 1.29 is 0 Å². The van der Waals surface area contributed by atoms with E-state index in [-0.39, 0.29) is 0 Å². The number of aromatic nitrogens is 1. The van der Waals surface area contributed by atoms with Crippen LogP contribution in [0.15, 0.2) is 24.3 Å². The molecule has 2 rings (SSSR count). The first kappa shape index (κ1) is 12.4. The first-order valence-electron chi connectivity index (χ1n) is 6.54. The summed E-state index contributed by atoms with van der Waals surface area (Å²) in [5, 5.41) is 0. The van der Waals surface area contributed by atoms with Gasteiger partial charge in [-0.3, -0.25) is 0 Å². The third kappa shape index (κ3) is 3.47. The van der Waals surface area contributed by atoms with Gasteiger partial charge in [0.1, 0.15) is 0 Å². The highest BCUT2D eigenvalue weighted by molar-refractivity contribution is 7.15. The molecule has 0 amide bonds. The monoisotopic (exact) mass is 247 g/mol. The molecule has 2 heteroatoms. The van der Waals surface area contributed by atoms with Crippen LogP contribution in [0.2, 0.25) is 0 Å². The van der Waals surface area contributed by atoms with Gasteiger partial charge in [-0.05, 0) is 44.0 Å². The van der Waals surface area contributed by atoms with Crippen molar-refractivity contribution in [3.8, 4) is 10.6 Å². The zero-order valence-electron chi connectivity index (χ0n) is 10.8. The van der Waals surface area contributed by atoms with Gasteiger partial charge in [0.05, 0.1) is 10.6 Å². The number of thiophene rings is 1. The molecule has 1 nitrogen and oxygen atoms in total. The first-order chi connectivity index (χ1) is 8.29. The SMILES string of the molecule is CCCCCCc1ccc(-c2ccc(C)[nH]2)s1. The second-order valence-corrected chi connectivity index (χ2v) is 5.80. The highest BCUT2D eigenvalue weighted by Gasteiger charge is 2.04. The molecule has 0 saturated heterocycles. The molecule has 92 valence electrons. The van der Waals surface area contributed by atoms with Crippen molar-refractivity contribution in [3.05, 3.63) is 34.8 Å². The van der Waals surface area contributed by atoms with Gasteiger partial charge in [0.2, 0.25) is 0 Å². The van der Waals surface area contributed by atoms with Gasteiger partial charge in [0.15, 0.2) is 0 Å². The number of aromatic amines is 1. The zero-order valence-corrected chi connectivity index (χ0v) is 11.6. The van der Waals surface area contributed by atoms with E-state index in [1.807, 2.05) is 11.3 Å². The molecule has 0 aromatic carbocycles. The lowest BCUT2D eigenvalue weighted by Crippen LogP contribution is -1.80. The summed E-state index contributed by atoms with van der Waals surface area (Å²) in [7, 11) is 0.